The first kappa shape index (κ1) is 37.2. The molecule has 12 aromatic rings. The summed E-state index contributed by atoms with van der Waals surface area (Å²) in [5.41, 5.74) is 12.2. The fourth-order valence-electron chi connectivity index (χ4n) is 9.40. The molecule has 298 valence electrons. The zero-order valence-corrected chi connectivity index (χ0v) is 34.9. The van der Waals surface area contributed by atoms with Crippen molar-refractivity contribution in [3.8, 4) is 78.7 Å². The van der Waals surface area contributed by atoms with Crippen LogP contribution in [-0.2, 0) is 0 Å². The Morgan fingerprint density at radius 3 is 1.34 bits per heavy atom. The summed E-state index contributed by atoms with van der Waals surface area (Å²) in [5, 5.41) is 9.40. The highest BCUT2D eigenvalue weighted by Gasteiger charge is 2.20. The molecule has 12 rings (SSSR count). The van der Waals surface area contributed by atoms with Crippen LogP contribution in [0.1, 0.15) is 0 Å². The van der Waals surface area contributed by atoms with E-state index < -0.39 is 0 Å². The van der Waals surface area contributed by atoms with E-state index >= 15 is 0 Å². The Kier molecular flexibility index (Phi) is 9.16. The Hall–Kier alpha value is -8.53. The van der Waals surface area contributed by atoms with Crippen LogP contribution in [0.4, 0.5) is 0 Å². The molecule has 0 fully saturated rings. The molecule has 3 heteroatoms. The molecule has 0 aliphatic carbocycles. The normalized spacial score (nSPS) is 11.4. The van der Waals surface area contributed by atoms with Crippen molar-refractivity contribution in [3.63, 3.8) is 0 Å². The van der Waals surface area contributed by atoms with Gasteiger partial charge in [0, 0.05) is 22.3 Å². The Balaban J connectivity index is 0.988. The first-order valence-corrected chi connectivity index (χ1v) is 21.8. The van der Waals surface area contributed by atoms with Gasteiger partial charge in [-0.1, -0.05) is 212 Å². The summed E-state index contributed by atoms with van der Waals surface area (Å²) in [6, 6.07) is 84.3. The molecule has 11 aromatic carbocycles. The minimum Gasteiger partial charge on any atom is -0.208 e. The third kappa shape index (κ3) is 6.68. The smallest absolute Gasteiger partial charge is 0.164 e. The van der Waals surface area contributed by atoms with Crippen molar-refractivity contribution < 1.29 is 0 Å². The molecule has 0 amide bonds. The maximum atomic E-state index is 5.32. The van der Waals surface area contributed by atoms with E-state index in [1.54, 1.807) is 0 Å². The highest BCUT2D eigenvalue weighted by molar-refractivity contribution is 6.06. The van der Waals surface area contributed by atoms with Gasteiger partial charge in [-0.15, -0.1) is 0 Å². The molecule has 0 saturated carbocycles. The summed E-state index contributed by atoms with van der Waals surface area (Å²) in [6.07, 6.45) is 0. The second-order valence-corrected chi connectivity index (χ2v) is 16.3. The van der Waals surface area contributed by atoms with Gasteiger partial charge in [0.15, 0.2) is 17.5 Å². The molecule has 0 atom stereocenters. The Morgan fingerprint density at radius 1 is 0.203 bits per heavy atom. The summed E-state index contributed by atoms with van der Waals surface area (Å²) in [4.78, 5) is 15.9. The summed E-state index contributed by atoms with van der Waals surface area (Å²) in [5.74, 6) is 1.89. The van der Waals surface area contributed by atoms with Crippen LogP contribution in [0, 0.1) is 0 Å². The topological polar surface area (TPSA) is 38.7 Å². The Morgan fingerprint density at radius 2 is 0.641 bits per heavy atom. The van der Waals surface area contributed by atoms with Gasteiger partial charge in [-0.25, -0.2) is 15.0 Å². The summed E-state index contributed by atoms with van der Waals surface area (Å²) in [7, 11) is 0. The summed E-state index contributed by atoms with van der Waals surface area (Å²) in [6.45, 7) is 0. The summed E-state index contributed by atoms with van der Waals surface area (Å²) < 4.78 is 0. The van der Waals surface area contributed by atoms with Crippen LogP contribution in [0.25, 0.3) is 122 Å². The van der Waals surface area contributed by atoms with Gasteiger partial charge in [0.05, 0.1) is 0 Å². The van der Waals surface area contributed by atoms with Crippen LogP contribution in [0.2, 0.25) is 0 Å². The van der Waals surface area contributed by atoms with Gasteiger partial charge in [0.2, 0.25) is 0 Å². The van der Waals surface area contributed by atoms with Gasteiger partial charge in [-0.3, -0.25) is 0 Å². The predicted molar refractivity (Wildman–Crippen MR) is 268 cm³/mol. The molecule has 0 radical (unpaired) electrons. The molecule has 1 aromatic heterocycles. The monoisotopic (exact) mass is 813 g/mol. The quantitative estimate of drug-likeness (QED) is 0.161. The van der Waals surface area contributed by atoms with Crippen LogP contribution in [0.3, 0.4) is 0 Å². The number of benzene rings is 11. The van der Waals surface area contributed by atoms with Crippen LogP contribution in [0.5, 0.6) is 0 Å². The second kappa shape index (κ2) is 15.7. The van der Waals surface area contributed by atoms with Crippen molar-refractivity contribution in [3.05, 3.63) is 237 Å². The molecule has 0 N–H and O–H groups in total. The van der Waals surface area contributed by atoms with Gasteiger partial charge in [-0.05, 0) is 106 Å². The van der Waals surface area contributed by atoms with E-state index in [9.17, 15) is 0 Å². The molecule has 1 heterocycles. The molecule has 0 aliphatic heterocycles. The van der Waals surface area contributed by atoms with E-state index in [1.807, 2.05) is 0 Å². The number of hydrogen-bond donors (Lipinski definition) is 0. The van der Waals surface area contributed by atoms with Gasteiger partial charge < -0.3 is 0 Å². The van der Waals surface area contributed by atoms with E-state index in [4.69, 9.17) is 15.0 Å². The molecule has 64 heavy (non-hydrogen) atoms. The highest BCUT2D eigenvalue weighted by atomic mass is 15.0. The van der Waals surface area contributed by atoms with E-state index in [0.717, 1.165) is 55.1 Å². The van der Waals surface area contributed by atoms with E-state index in [1.165, 1.54) is 49.2 Å². The maximum absolute atomic E-state index is 5.32. The molecular formula is C61H39N3. The van der Waals surface area contributed by atoms with Gasteiger partial charge >= 0.3 is 0 Å². The van der Waals surface area contributed by atoms with Crippen molar-refractivity contribution in [1.29, 1.82) is 0 Å². The lowest BCUT2D eigenvalue weighted by Crippen LogP contribution is -2.02. The molecular weight excluding hydrogens is 775 g/mol. The number of nitrogens with zero attached hydrogens (tertiary/aromatic N) is 3. The SMILES string of the molecule is c1ccc(-c2ccc3ccccc3c2-c2ccc3cc(-c4cccc(-c5nc(-c6ccc7ccccc7c6-c6ccccc6)nc(-c6cccc7ccccc67)n5)c4)ccc3c2)cc1. The molecule has 0 unspecified atom stereocenters. The van der Waals surface area contributed by atoms with Gasteiger partial charge in [0.25, 0.3) is 0 Å². The number of rotatable bonds is 7. The van der Waals surface area contributed by atoms with Gasteiger partial charge in [-0.2, -0.15) is 0 Å². The van der Waals surface area contributed by atoms with Crippen molar-refractivity contribution in [1.82, 2.24) is 15.0 Å². The Bertz CT molecular complexity index is 3720. The largest absolute Gasteiger partial charge is 0.208 e. The highest BCUT2D eigenvalue weighted by Crippen LogP contribution is 2.41. The number of aromatic nitrogens is 3. The molecule has 0 spiro atoms. The minimum atomic E-state index is 0.622. The van der Waals surface area contributed by atoms with Crippen LogP contribution >= 0.6 is 0 Å². The van der Waals surface area contributed by atoms with E-state index in [2.05, 4.69) is 237 Å². The fourth-order valence-corrected chi connectivity index (χ4v) is 9.40. The maximum Gasteiger partial charge on any atom is 0.164 e. The second-order valence-electron chi connectivity index (χ2n) is 16.3. The van der Waals surface area contributed by atoms with Crippen molar-refractivity contribution in [2.75, 3.05) is 0 Å². The molecule has 0 aliphatic rings. The van der Waals surface area contributed by atoms with Crippen molar-refractivity contribution in [2.45, 2.75) is 0 Å². The fraction of sp³-hybridized carbons (Fsp3) is 0. The minimum absolute atomic E-state index is 0.622. The summed E-state index contributed by atoms with van der Waals surface area (Å²) >= 11 is 0. The number of fused-ring (bicyclic) bond motifs is 4. The number of hydrogen-bond acceptors (Lipinski definition) is 3. The van der Waals surface area contributed by atoms with Crippen LogP contribution in [-0.4, -0.2) is 15.0 Å². The van der Waals surface area contributed by atoms with Gasteiger partial charge in [0.1, 0.15) is 0 Å². The van der Waals surface area contributed by atoms with Crippen LogP contribution < -0.4 is 0 Å². The van der Waals surface area contributed by atoms with Crippen molar-refractivity contribution in [2.24, 2.45) is 0 Å². The molecule has 0 saturated heterocycles. The molecule has 0 bridgehead atoms. The first-order chi connectivity index (χ1) is 31.7. The average molecular weight is 814 g/mol. The predicted octanol–water partition coefficient (Wildman–Crippen LogP) is 16.2. The first-order valence-electron chi connectivity index (χ1n) is 21.8. The third-order valence-electron chi connectivity index (χ3n) is 12.5. The van der Waals surface area contributed by atoms with Crippen molar-refractivity contribution >= 4 is 43.1 Å². The average Bonchev–Trinajstić information content (AvgIpc) is 3.38. The van der Waals surface area contributed by atoms with E-state index in [0.29, 0.717) is 17.5 Å². The van der Waals surface area contributed by atoms with E-state index in [-0.39, 0.29) is 0 Å². The zero-order valence-electron chi connectivity index (χ0n) is 34.9. The lowest BCUT2D eigenvalue weighted by molar-refractivity contribution is 1.08. The Labute approximate surface area is 371 Å². The lowest BCUT2D eigenvalue weighted by atomic mass is 9.88. The lowest BCUT2D eigenvalue weighted by Gasteiger charge is -2.16. The third-order valence-corrected chi connectivity index (χ3v) is 12.5. The standard InChI is InChI=1S/C61H39N3/c1-3-15-41(16-4-1)54-35-33-42-18-9-12-27-53(42)58(54)49-32-31-47-37-46(29-30-48(47)38-49)45-23-13-24-50(39-45)59-62-60(55-28-14-22-40-17-7-10-25-51(40)55)64-61(63-59)56-36-34-43-19-8-11-26-52(43)57(56)44-20-5-2-6-21-44/h1-39H. The molecule has 3 nitrogen and oxygen atoms in total. The van der Waals surface area contributed by atoms with Crippen LogP contribution in [0.15, 0.2) is 237 Å². The zero-order chi connectivity index (χ0) is 42.4.